The average Bonchev–Trinajstić information content (AvgIpc) is 2.72. The second-order valence-electron chi connectivity index (χ2n) is 6.55. The Bertz CT molecular complexity index is 1240. The van der Waals surface area contributed by atoms with E-state index in [1.807, 2.05) is 0 Å². The number of alkyl halides is 3. The standard InChI is InChI=1S/C21H15ClF4N2O3S/c22-18-10-9-14(21(24,25)26)11-19(18)28(32(30,31)17-7-2-1-3-8-17)13-20(29)27-16-6-4-5-15(23)12-16/h1-12H,13H2,(H,27,29). The van der Waals surface area contributed by atoms with Gasteiger partial charge in [0.25, 0.3) is 10.0 Å². The molecule has 11 heteroatoms. The summed E-state index contributed by atoms with van der Waals surface area (Å²) in [5.74, 6) is -1.55. The second-order valence-corrected chi connectivity index (χ2v) is 8.82. The van der Waals surface area contributed by atoms with Crippen molar-refractivity contribution in [2.75, 3.05) is 16.2 Å². The molecule has 1 amide bonds. The van der Waals surface area contributed by atoms with Gasteiger partial charge in [-0.25, -0.2) is 12.8 Å². The van der Waals surface area contributed by atoms with Crippen LogP contribution in [0.15, 0.2) is 77.7 Å². The lowest BCUT2D eigenvalue weighted by atomic mass is 10.2. The fourth-order valence-corrected chi connectivity index (χ4v) is 4.52. The van der Waals surface area contributed by atoms with E-state index < -0.39 is 45.7 Å². The summed E-state index contributed by atoms with van der Waals surface area (Å²) in [6.45, 7) is -0.908. The summed E-state index contributed by atoms with van der Waals surface area (Å²) in [4.78, 5) is 12.3. The fraction of sp³-hybridized carbons (Fsp3) is 0.0952. The molecule has 0 radical (unpaired) electrons. The van der Waals surface area contributed by atoms with Crippen LogP contribution < -0.4 is 9.62 Å². The van der Waals surface area contributed by atoms with Crippen LogP contribution in [0.5, 0.6) is 0 Å². The predicted octanol–water partition coefficient (Wildman–Crippen LogP) is 5.33. The van der Waals surface area contributed by atoms with E-state index in [2.05, 4.69) is 5.32 Å². The van der Waals surface area contributed by atoms with Gasteiger partial charge in [0.05, 0.1) is 21.2 Å². The zero-order valence-electron chi connectivity index (χ0n) is 16.1. The van der Waals surface area contributed by atoms with Crippen LogP contribution in [0.1, 0.15) is 5.56 Å². The van der Waals surface area contributed by atoms with Gasteiger partial charge in [0, 0.05) is 5.69 Å². The number of nitrogens with one attached hydrogen (secondary N) is 1. The summed E-state index contributed by atoms with van der Waals surface area (Å²) >= 11 is 6.04. The SMILES string of the molecule is O=C(CN(c1cc(C(F)(F)F)ccc1Cl)S(=O)(=O)c1ccccc1)Nc1cccc(F)c1. The van der Waals surface area contributed by atoms with Crippen molar-refractivity contribution in [3.05, 3.63) is 89.2 Å². The van der Waals surface area contributed by atoms with Crippen molar-refractivity contribution in [2.45, 2.75) is 11.1 Å². The summed E-state index contributed by atoms with van der Waals surface area (Å²) < 4.78 is 80.1. The first-order chi connectivity index (χ1) is 15.0. The Labute approximate surface area is 186 Å². The molecule has 0 fully saturated rings. The number of anilines is 2. The Morgan fingerprint density at radius 1 is 0.969 bits per heavy atom. The molecular formula is C21H15ClF4N2O3S. The normalized spacial score (nSPS) is 11.8. The molecule has 0 heterocycles. The van der Waals surface area contributed by atoms with Crippen molar-refractivity contribution in [2.24, 2.45) is 0 Å². The quantitative estimate of drug-likeness (QED) is 0.479. The van der Waals surface area contributed by atoms with E-state index in [4.69, 9.17) is 11.6 Å². The van der Waals surface area contributed by atoms with Crippen LogP contribution in [0, 0.1) is 5.82 Å². The van der Waals surface area contributed by atoms with E-state index in [1.54, 1.807) is 6.07 Å². The van der Waals surface area contributed by atoms with Crippen LogP contribution >= 0.6 is 11.6 Å². The van der Waals surface area contributed by atoms with Gasteiger partial charge < -0.3 is 5.32 Å². The minimum Gasteiger partial charge on any atom is -0.324 e. The van der Waals surface area contributed by atoms with Gasteiger partial charge in [0.15, 0.2) is 0 Å². The Kier molecular flexibility index (Phi) is 6.75. The van der Waals surface area contributed by atoms with E-state index >= 15 is 0 Å². The number of rotatable bonds is 6. The van der Waals surface area contributed by atoms with Crippen molar-refractivity contribution >= 4 is 38.9 Å². The highest BCUT2D eigenvalue weighted by Gasteiger charge is 2.34. The largest absolute Gasteiger partial charge is 0.416 e. The molecule has 32 heavy (non-hydrogen) atoms. The van der Waals surface area contributed by atoms with Crippen LogP contribution in [0.25, 0.3) is 0 Å². The Morgan fingerprint density at radius 2 is 1.66 bits per heavy atom. The zero-order chi connectivity index (χ0) is 23.5. The number of amides is 1. The van der Waals surface area contributed by atoms with Gasteiger partial charge in [0.2, 0.25) is 5.91 Å². The maximum atomic E-state index is 13.4. The maximum absolute atomic E-state index is 13.4. The Morgan fingerprint density at radius 3 is 2.28 bits per heavy atom. The number of hydrogen-bond acceptors (Lipinski definition) is 3. The summed E-state index contributed by atoms with van der Waals surface area (Å²) in [7, 11) is -4.49. The molecule has 0 aliphatic carbocycles. The lowest BCUT2D eigenvalue weighted by Gasteiger charge is -2.25. The van der Waals surface area contributed by atoms with Gasteiger partial charge >= 0.3 is 6.18 Å². The van der Waals surface area contributed by atoms with Crippen molar-refractivity contribution in [3.63, 3.8) is 0 Å². The van der Waals surface area contributed by atoms with Crippen molar-refractivity contribution < 1.29 is 30.8 Å². The molecule has 0 atom stereocenters. The third-order valence-electron chi connectivity index (χ3n) is 4.27. The average molecular weight is 487 g/mol. The van der Waals surface area contributed by atoms with Crippen LogP contribution in [-0.2, 0) is 21.0 Å². The molecule has 0 aromatic heterocycles. The van der Waals surface area contributed by atoms with Crippen LogP contribution in [-0.4, -0.2) is 20.9 Å². The second kappa shape index (κ2) is 9.17. The van der Waals surface area contributed by atoms with Crippen LogP contribution in [0.3, 0.4) is 0 Å². The predicted molar refractivity (Wildman–Crippen MR) is 112 cm³/mol. The molecule has 0 unspecified atom stereocenters. The van der Waals surface area contributed by atoms with Gasteiger partial charge in [-0.05, 0) is 48.5 Å². The topological polar surface area (TPSA) is 66.5 Å². The molecule has 168 valence electrons. The van der Waals surface area contributed by atoms with Crippen LogP contribution in [0.2, 0.25) is 5.02 Å². The molecule has 1 N–H and O–H groups in total. The van der Waals surface area contributed by atoms with E-state index in [1.165, 1.54) is 36.4 Å². The summed E-state index contributed by atoms with van der Waals surface area (Å²) in [6, 6.07) is 13.9. The lowest BCUT2D eigenvalue weighted by Crippen LogP contribution is -2.38. The lowest BCUT2D eigenvalue weighted by molar-refractivity contribution is -0.137. The van der Waals surface area contributed by atoms with Crippen molar-refractivity contribution in [1.29, 1.82) is 0 Å². The van der Waals surface area contributed by atoms with Gasteiger partial charge in [-0.3, -0.25) is 9.10 Å². The minimum absolute atomic E-state index is 0.0437. The third-order valence-corrected chi connectivity index (χ3v) is 6.36. The molecule has 0 saturated carbocycles. The van der Waals surface area contributed by atoms with Crippen molar-refractivity contribution in [3.8, 4) is 0 Å². The number of benzene rings is 3. The number of carbonyl (C=O) groups excluding carboxylic acids is 1. The molecular weight excluding hydrogens is 472 g/mol. The van der Waals surface area contributed by atoms with Gasteiger partial charge in [-0.1, -0.05) is 35.9 Å². The molecule has 0 spiro atoms. The molecule has 3 aromatic carbocycles. The molecule has 0 aliphatic heterocycles. The van der Waals surface area contributed by atoms with Gasteiger partial charge in [-0.2, -0.15) is 13.2 Å². The zero-order valence-corrected chi connectivity index (χ0v) is 17.7. The summed E-state index contributed by atoms with van der Waals surface area (Å²) in [6.07, 6.45) is -4.77. The van der Waals surface area contributed by atoms with Gasteiger partial charge in [-0.15, -0.1) is 0 Å². The number of halogens is 5. The number of hydrogen-bond donors (Lipinski definition) is 1. The molecule has 0 saturated heterocycles. The highest BCUT2D eigenvalue weighted by molar-refractivity contribution is 7.92. The third kappa shape index (κ3) is 5.38. The van der Waals surface area contributed by atoms with Gasteiger partial charge in [0.1, 0.15) is 12.4 Å². The summed E-state index contributed by atoms with van der Waals surface area (Å²) in [5.41, 5.74) is -1.63. The maximum Gasteiger partial charge on any atom is 0.416 e. The van der Waals surface area contributed by atoms with E-state index in [-0.39, 0.29) is 15.6 Å². The number of carbonyl (C=O) groups is 1. The molecule has 3 rings (SSSR count). The summed E-state index contributed by atoms with van der Waals surface area (Å²) in [5, 5.41) is 2.01. The first kappa shape index (κ1) is 23.6. The molecule has 0 bridgehead atoms. The van der Waals surface area contributed by atoms with E-state index in [0.29, 0.717) is 16.4 Å². The fourth-order valence-electron chi connectivity index (χ4n) is 2.80. The smallest absolute Gasteiger partial charge is 0.324 e. The highest BCUT2D eigenvalue weighted by atomic mass is 35.5. The first-order valence-corrected chi connectivity index (χ1v) is 10.8. The number of sulfonamides is 1. The van der Waals surface area contributed by atoms with E-state index in [0.717, 1.165) is 18.2 Å². The monoisotopic (exact) mass is 486 g/mol. The Hall–Kier alpha value is -3.11. The Balaban J connectivity index is 2.06. The van der Waals surface area contributed by atoms with E-state index in [9.17, 15) is 30.8 Å². The van der Waals surface area contributed by atoms with Crippen LogP contribution in [0.4, 0.5) is 28.9 Å². The molecule has 5 nitrogen and oxygen atoms in total. The minimum atomic E-state index is -4.77. The molecule has 3 aromatic rings. The number of nitrogens with zero attached hydrogens (tertiary/aromatic N) is 1. The first-order valence-electron chi connectivity index (χ1n) is 8.98. The van der Waals surface area contributed by atoms with Crippen molar-refractivity contribution in [1.82, 2.24) is 0 Å². The molecule has 0 aliphatic rings. The highest BCUT2D eigenvalue weighted by Crippen LogP contribution is 2.37.